The number of hydrogen-bond acceptors (Lipinski definition) is 4. The molecule has 3 aromatic heterocycles. The van der Waals surface area contributed by atoms with Gasteiger partial charge in [-0.2, -0.15) is 5.26 Å². The van der Waals surface area contributed by atoms with Crippen molar-refractivity contribution in [3.8, 4) is 28.5 Å². The van der Waals surface area contributed by atoms with E-state index in [9.17, 15) is 0 Å². The average molecular weight is 325 g/mol. The summed E-state index contributed by atoms with van der Waals surface area (Å²) in [5.41, 5.74) is 5.40. The number of benzene rings is 1. The largest absolute Gasteiger partial charge is 0.372 e. The fourth-order valence-electron chi connectivity index (χ4n) is 2.91. The number of nitrogens with one attached hydrogen (secondary N) is 1. The summed E-state index contributed by atoms with van der Waals surface area (Å²) in [7, 11) is 1.87. The van der Waals surface area contributed by atoms with E-state index < -0.39 is 0 Å². The van der Waals surface area contributed by atoms with E-state index in [4.69, 9.17) is 10.2 Å². The lowest BCUT2D eigenvalue weighted by Gasteiger charge is -2.05. The molecule has 0 saturated carbocycles. The highest BCUT2D eigenvalue weighted by atomic mass is 15.1. The highest BCUT2D eigenvalue weighted by Crippen LogP contribution is 2.30. The molecule has 0 atom stereocenters. The van der Waals surface area contributed by atoms with Crippen LogP contribution in [-0.2, 0) is 0 Å². The minimum absolute atomic E-state index is 0.596. The molecule has 5 heteroatoms. The maximum Gasteiger partial charge on any atom is 0.140 e. The number of nitrogens with zero attached hydrogens (tertiary/aromatic N) is 4. The van der Waals surface area contributed by atoms with Gasteiger partial charge in [0.2, 0.25) is 0 Å². The second kappa shape index (κ2) is 6.10. The number of aromatic nitrogens is 3. The van der Waals surface area contributed by atoms with Gasteiger partial charge in [-0.05, 0) is 29.3 Å². The third-order valence-electron chi connectivity index (χ3n) is 4.15. The van der Waals surface area contributed by atoms with E-state index in [2.05, 4.69) is 40.6 Å². The van der Waals surface area contributed by atoms with Crippen molar-refractivity contribution in [2.75, 3.05) is 12.4 Å². The van der Waals surface area contributed by atoms with Crippen LogP contribution in [0.4, 0.5) is 5.82 Å². The fourth-order valence-corrected chi connectivity index (χ4v) is 2.91. The molecule has 0 saturated heterocycles. The Morgan fingerprint density at radius 1 is 1.04 bits per heavy atom. The monoisotopic (exact) mass is 325 g/mol. The van der Waals surface area contributed by atoms with Crippen LogP contribution in [0.1, 0.15) is 5.56 Å². The summed E-state index contributed by atoms with van der Waals surface area (Å²) in [6, 6.07) is 17.9. The number of anilines is 1. The van der Waals surface area contributed by atoms with Crippen molar-refractivity contribution in [3.63, 3.8) is 0 Å². The van der Waals surface area contributed by atoms with Gasteiger partial charge in [-0.1, -0.05) is 30.3 Å². The van der Waals surface area contributed by atoms with Crippen LogP contribution in [0.3, 0.4) is 0 Å². The molecule has 0 aliphatic carbocycles. The lowest BCUT2D eigenvalue weighted by Crippen LogP contribution is -1.95. The van der Waals surface area contributed by atoms with Gasteiger partial charge < -0.3 is 5.32 Å². The van der Waals surface area contributed by atoms with Crippen molar-refractivity contribution in [1.82, 2.24) is 14.4 Å². The Bertz CT molecular complexity index is 1070. The van der Waals surface area contributed by atoms with Crippen LogP contribution in [-0.4, -0.2) is 21.4 Å². The van der Waals surface area contributed by atoms with Crippen LogP contribution in [0.25, 0.3) is 28.0 Å². The Morgan fingerprint density at radius 3 is 2.52 bits per heavy atom. The van der Waals surface area contributed by atoms with Crippen molar-refractivity contribution in [2.45, 2.75) is 0 Å². The van der Waals surface area contributed by atoms with Gasteiger partial charge in [0, 0.05) is 31.2 Å². The number of fused-ring (bicyclic) bond motifs is 1. The first-order valence-corrected chi connectivity index (χ1v) is 7.91. The number of nitriles is 1. The maximum absolute atomic E-state index is 9.08. The van der Waals surface area contributed by atoms with E-state index in [1.807, 2.05) is 36.0 Å². The molecule has 4 aromatic rings. The van der Waals surface area contributed by atoms with Gasteiger partial charge in [-0.25, -0.2) is 4.98 Å². The normalized spacial score (nSPS) is 10.6. The van der Waals surface area contributed by atoms with E-state index in [0.717, 1.165) is 33.8 Å². The highest BCUT2D eigenvalue weighted by molar-refractivity contribution is 5.78. The zero-order valence-electron chi connectivity index (χ0n) is 13.6. The molecule has 0 bridgehead atoms. The second-order valence-corrected chi connectivity index (χ2v) is 5.63. The van der Waals surface area contributed by atoms with Gasteiger partial charge in [0.15, 0.2) is 0 Å². The molecule has 1 aromatic carbocycles. The first kappa shape index (κ1) is 14.9. The van der Waals surface area contributed by atoms with E-state index in [-0.39, 0.29) is 0 Å². The second-order valence-electron chi connectivity index (χ2n) is 5.63. The molecule has 0 spiro atoms. The maximum atomic E-state index is 9.08. The smallest absolute Gasteiger partial charge is 0.140 e. The molecule has 0 fully saturated rings. The molecule has 0 aliphatic heterocycles. The minimum atomic E-state index is 0.596. The molecule has 1 N–H and O–H groups in total. The van der Waals surface area contributed by atoms with Gasteiger partial charge in [0.25, 0.3) is 0 Å². The van der Waals surface area contributed by atoms with Crippen molar-refractivity contribution in [3.05, 3.63) is 72.7 Å². The summed E-state index contributed by atoms with van der Waals surface area (Å²) >= 11 is 0. The van der Waals surface area contributed by atoms with Crippen LogP contribution in [0, 0.1) is 11.3 Å². The molecule has 4 rings (SSSR count). The van der Waals surface area contributed by atoms with Crippen molar-refractivity contribution >= 4 is 11.5 Å². The zero-order valence-corrected chi connectivity index (χ0v) is 13.6. The molecule has 120 valence electrons. The molecule has 0 unspecified atom stereocenters. The molecule has 0 aliphatic rings. The van der Waals surface area contributed by atoms with Gasteiger partial charge in [0.05, 0.1) is 11.6 Å². The van der Waals surface area contributed by atoms with Crippen molar-refractivity contribution in [2.24, 2.45) is 0 Å². The molecule has 0 amide bonds. The third-order valence-corrected chi connectivity index (χ3v) is 4.15. The Kier molecular flexibility index (Phi) is 3.64. The van der Waals surface area contributed by atoms with E-state index >= 15 is 0 Å². The lowest BCUT2D eigenvalue weighted by molar-refractivity contribution is 1.17. The van der Waals surface area contributed by atoms with Crippen molar-refractivity contribution < 1.29 is 0 Å². The Labute approximate surface area is 145 Å². The SMILES string of the molecule is CNc1c(-c2ccc(-c3cccnc3)cc2)nc2cc(C#N)ccn12. The summed E-state index contributed by atoms with van der Waals surface area (Å²) in [5, 5.41) is 12.3. The predicted molar refractivity (Wildman–Crippen MR) is 98.1 cm³/mol. The van der Waals surface area contributed by atoms with Gasteiger partial charge in [0.1, 0.15) is 17.2 Å². The molecule has 5 nitrogen and oxygen atoms in total. The summed E-state index contributed by atoms with van der Waals surface area (Å²) < 4.78 is 1.95. The van der Waals surface area contributed by atoms with Gasteiger partial charge in [-0.3, -0.25) is 9.38 Å². The summed E-state index contributed by atoms with van der Waals surface area (Å²) in [5.74, 6) is 0.897. The molecule has 25 heavy (non-hydrogen) atoms. The summed E-state index contributed by atoms with van der Waals surface area (Å²) in [4.78, 5) is 8.86. The Hall–Kier alpha value is -3.65. The number of imidazole rings is 1. The zero-order chi connectivity index (χ0) is 17.2. The van der Waals surface area contributed by atoms with E-state index in [1.54, 1.807) is 18.3 Å². The van der Waals surface area contributed by atoms with E-state index in [0.29, 0.717) is 5.56 Å². The molecular weight excluding hydrogens is 310 g/mol. The average Bonchev–Trinajstić information content (AvgIpc) is 3.06. The van der Waals surface area contributed by atoms with Crippen LogP contribution in [0.15, 0.2) is 67.1 Å². The molecule has 0 radical (unpaired) electrons. The first-order chi connectivity index (χ1) is 12.3. The number of pyridine rings is 2. The quantitative estimate of drug-likeness (QED) is 0.619. The van der Waals surface area contributed by atoms with Crippen LogP contribution >= 0.6 is 0 Å². The van der Waals surface area contributed by atoms with Crippen LogP contribution < -0.4 is 5.32 Å². The van der Waals surface area contributed by atoms with Gasteiger partial charge >= 0.3 is 0 Å². The fraction of sp³-hybridized carbons (Fsp3) is 0.0500. The lowest BCUT2D eigenvalue weighted by atomic mass is 10.0. The minimum Gasteiger partial charge on any atom is -0.372 e. The Morgan fingerprint density at radius 2 is 1.84 bits per heavy atom. The number of hydrogen-bond donors (Lipinski definition) is 1. The number of rotatable bonds is 3. The first-order valence-electron chi connectivity index (χ1n) is 7.91. The third kappa shape index (κ3) is 2.60. The predicted octanol–water partition coefficient (Wildman–Crippen LogP) is 3.98. The summed E-state index contributed by atoms with van der Waals surface area (Å²) in [6.07, 6.45) is 5.48. The van der Waals surface area contributed by atoms with Gasteiger partial charge in [-0.15, -0.1) is 0 Å². The molecular formula is C20H15N5. The molecule has 3 heterocycles. The van der Waals surface area contributed by atoms with Crippen LogP contribution in [0.5, 0.6) is 0 Å². The summed E-state index contributed by atoms with van der Waals surface area (Å²) in [6.45, 7) is 0. The van der Waals surface area contributed by atoms with Crippen molar-refractivity contribution in [1.29, 1.82) is 5.26 Å². The topological polar surface area (TPSA) is 66.0 Å². The van der Waals surface area contributed by atoms with Crippen LogP contribution in [0.2, 0.25) is 0 Å². The standard InChI is InChI=1S/C20H15N5/c1-22-20-19(24-18-11-14(12-21)8-10-25(18)20)16-6-4-15(5-7-16)17-3-2-9-23-13-17/h2-11,13,22H,1H3. The highest BCUT2D eigenvalue weighted by Gasteiger charge is 2.13. The Balaban J connectivity index is 1.80. The van der Waals surface area contributed by atoms with E-state index in [1.165, 1.54) is 0 Å².